The van der Waals surface area contributed by atoms with E-state index in [0.717, 1.165) is 23.6 Å². The van der Waals surface area contributed by atoms with Gasteiger partial charge in [-0.15, -0.1) is 11.3 Å². The fourth-order valence-corrected chi connectivity index (χ4v) is 3.46. The molecule has 2 heterocycles. The molecule has 0 aliphatic carbocycles. The zero-order valence-electron chi connectivity index (χ0n) is 11.5. The van der Waals surface area contributed by atoms with Crippen LogP contribution in [0.25, 0.3) is 21.1 Å². The summed E-state index contributed by atoms with van der Waals surface area (Å²) in [5, 5.41) is 5.87. The number of rotatable bonds is 4. The van der Waals surface area contributed by atoms with E-state index < -0.39 is 0 Å². The number of nitrogens with one attached hydrogen (secondary N) is 2. The number of benzene rings is 2. The molecule has 2 aromatic heterocycles. The maximum Gasteiger partial charge on any atom is 0.108 e. The highest BCUT2D eigenvalue weighted by Crippen LogP contribution is 2.21. The van der Waals surface area contributed by atoms with Gasteiger partial charge in [-0.05, 0) is 41.3 Å². The summed E-state index contributed by atoms with van der Waals surface area (Å²) in [5.41, 5.74) is 3.57. The van der Waals surface area contributed by atoms with Gasteiger partial charge < -0.3 is 10.3 Å². The van der Waals surface area contributed by atoms with Crippen LogP contribution < -0.4 is 5.32 Å². The number of hydrogen-bond acceptors (Lipinski definition) is 3. The molecule has 0 aliphatic rings. The van der Waals surface area contributed by atoms with E-state index in [4.69, 9.17) is 0 Å². The van der Waals surface area contributed by atoms with Crippen LogP contribution in [0.1, 0.15) is 10.6 Å². The molecule has 0 saturated heterocycles. The number of thiazole rings is 1. The molecule has 0 aliphatic heterocycles. The minimum absolute atomic E-state index is 0.810. The topological polar surface area (TPSA) is 40.7 Å². The van der Waals surface area contributed by atoms with Crippen molar-refractivity contribution >= 4 is 32.5 Å². The maximum absolute atomic E-state index is 4.64. The van der Waals surface area contributed by atoms with Crippen molar-refractivity contribution in [2.75, 3.05) is 0 Å². The van der Waals surface area contributed by atoms with Crippen molar-refractivity contribution in [3.63, 3.8) is 0 Å². The molecule has 4 heteroatoms. The zero-order valence-corrected chi connectivity index (χ0v) is 12.3. The van der Waals surface area contributed by atoms with E-state index in [1.165, 1.54) is 21.2 Å². The molecular weight excluding hydrogens is 278 g/mol. The smallest absolute Gasteiger partial charge is 0.108 e. The van der Waals surface area contributed by atoms with Gasteiger partial charge in [-0.2, -0.15) is 0 Å². The number of aromatic amines is 1. The molecule has 4 rings (SSSR count). The Bertz CT molecular complexity index is 856. The summed E-state index contributed by atoms with van der Waals surface area (Å²) in [6.45, 7) is 1.67. The molecule has 0 bridgehead atoms. The van der Waals surface area contributed by atoms with Gasteiger partial charge in [0.25, 0.3) is 0 Å². The fraction of sp³-hybridized carbons (Fsp3) is 0.118. The van der Waals surface area contributed by atoms with E-state index in [9.17, 15) is 0 Å². The predicted molar refractivity (Wildman–Crippen MR) is 88.5 cm³/mol. The van der Waals surface area contributed by atoms with Gasteiger partial charge in [0, 0.05) is 24.8 Å². The number of para-hydroxylation sites is 1. The van der Waals surface area contributed by atoms with Crippen LogP contribution in [0.3, 0.4) is 0 Å². The lowest BCUT2D eigenvalue weighted by Crippen LogP contribution is -2.12. The van der Waals surface area contributed by atoms with Crippen molar-refractivity contribution in [2.24, 2.45) is 0 Å². The van der Waals surface area contributed by atoms with Gasteiger partial charge in [-0.3, -0.25) is 0 Å². The van der Waals surface area contributed by atoms with Crippen LogP contribution >= 0.6 is 11.3 Å². The summed E-state index contributed by atoms with van der Waals surface area (Å²) in [6, 6.07) is 16.9. The highest BCUT2D eigenvalue weighted by atomic mass is 32.1. The third kappa shape index (κ3) is 2.55. The molecule has 2 aromatic carbocycles. The fourth-order valence-electron chi connectivity index (χ4n) is 2.52. The molecule has 3 nitrogen and oxygen atoms in total. The lowest BCUT2D eigenvalue weighted by Gasteiger charge is -2.03. The van der Waals surface area contributed by atoms with Gasteiger partial charge >= 0.3 is 0 Å². The Morgan fingerprint density at radius 2 is 2.00 bits per heavy atom. The van der Waals surface area contributed by atoms with Crippen molar-refractivity contribution in [1.29, 1.82) is 0 Å². The van der Waals surface area contributed by atoms with Crippen LogP contribution in [0.2, 0.25) is 0 Å². The van der Waals surface area contributed by atoms with Crippen molar-refractivity contribution in [2.45, 2.75) is 13.1 Å². The number of aromatic nitrogens is 2. The Balaban J connectivity index is 1.44. The summed E-state index contributed by atoms with van der Waals surface area (Å²) >= 11 is 1.76. The Kier molecular flexibility index (Phi) is 3.18. The van der Waals surface area contributed by atoms with E-state index in [0.29, 0.717) is 0 Å². The maximum atomic E-state index is 4.64. The lowest BCUT2D eigenvalue weighted by molar-refractivity contribution is 0.691. The SMILES string of the molecule is c1ccc2sc(CNCc3ccc4[nH]ccc4c3)nc2c1. The number of hydrogen-bond donors (Lipinski definition) is 2. The largest absolute Gasteiger partial charge is 0.361 e. The first kappa shape index (κ1) is 12.6. The van der Waals surface area contributed by atoms with Crippen LogP contribution in [-0.4, -0.2) is 9.97 Å². The highest BCUT2D eigenvalue weighted by molar-refractivity contribution is 7.18. The summed E-state index contributed by atoms with van der Waals surface area (Å²) in [7, 11) is 0. The van der Waals surface area contributed by atoms with Gasteiger partial charge in [0.05, 0.1) is 10.2 Å². The van der Waals surface area contributed by atoms with Gasteiger partial charge in [0.15, 0.2) is 0 Å². The van der Waals surface area contributed by atoms with Crippen molar-refractivity contribution < 1.29 is 0 Å². The van der Waals surface area contributed by atoms with Crippen LogP contribution in [0.15, 0.2) is 54.7 Å². The third-order valence-corrected chi connectivity index (χ3v) is 4.60. The van der Waals surface area contributed by atoms with E-state index in [-0.39, 0.29) is 0 Å². The van der Waals surface area contributed by atoms with E-state index in [1.54, 1.807) is 11.3 Å². The third-order valence-electron chi connectivity index (χ3n) is 3.56. The molecule has 2 N–H and O–H groups in total. The second-order valence-corrected chi connectivity index (χ2v) is 6.19. The van der Waals surface area contributed by atoms with Crippen LogP contribution in [0.5, 0.6) is 0 Å². The monoisotopic (exact) mass is 293 g/mol. The van der Waals surface area contributed by atoms with E-state index in [1.807, 2.05) is 12.3 Å². The number of nitrogens with zero attached hydrogens (tertiary/aromatic N) is 1. The summed E-state index contributed by atoms with van der Waals surface area (Å²) < 4.78 is 1.25. The van der Waals surface area contributed by atoms with Crippen LogP contribution in [0, 0.1) is 0 Å². The van der Waals surface area contributed by atoms with Crippen LogP contribution in [0.4, 0.5) is 0 Å². The van der Waals surface area contributed by atoms with Gasteiger partial charge in [0.1, 0.15) is 5.01 Å². The average molecular weight is 293 g/mol. The minimum atomic E-state index is 0.810. The quantitative estimate of drug-likeness (QED) is 0.595. The summed E-state index contributed by atoms with van der Waals surface area (Å²) in [6.07, 6.45) is 1.98. The Hall–Kier alpha value is -2.17. The average Bonchev–Trinajstić information content (AvgIpc) is 3.12. The summed E-state index contributed by atoms with van der Waals surface area (Å²) in [5.74, 6) is 0. The molecule has 0 amide bonds. The molecule has 0 fully saturated rings. The molecule has 0 atom stereocenters. The van der Waals surface area contributed by atoms with Crippen molar-refractivity contribution in [1.82, 2.24) is 15.3 Å². The van der Waals surface area contributed by atoms with Gasteiger partial charge in [0.2, 0.25) is 0 Å². The standard InChI is InChI=1S/C17H15N3S/c1-2-4-16-15(3-1)20-17(21-16)11-18-10-12-5-6-14-13(9-12)7-8-19-14/h1-9,18-19H,10-11H2. The first-order valence-corrected chi connectivity index (χ1v) is 7.81. The molecular formula is C17H15N3S. The molecule has 0 saturated carbocycles. The molecule has 104 valence electrons. The number of H-pyrrole nitrogens is 1. The van der Waals surface area contributed by atoms with Crippen LogP contribution in [-0.2, 0) is 13.1 Å². The van der Waals surface area contributed by atoms with Crippen molar-refractivity contribution in [3.05, 3.63) is 65.3 Å². The first-order chi connectivity index (χ1) is 10.4. The number of fused-ring (bicyclic) bond motifs is 2. The Morgan fingerprint density at radius 3 is 2.95 bits per heavy atom. The summed E-state index contributed by atoms with van der Waals surface area (Å²) in [4.78, 5) is 7.85. The second-order valence-electron chi connectivity index (χ2n) is 5.08. The zero-order chi connectivity index (χ0) is 14.1. The molecule has 4 aromatic rings. The van der Waals surface area contributed by atoms with Gasteiger partial charge in [-0.1, -0.05) is 18.2 Å². The minimum Gasteiger partial charge on any atom is -0.361 e. The first-order valence-electron chi connectivity index (χ1n) is 7.00. The molecule has 0 spiro atoms. The van der Waals surface area contributed by atoms with Gasteiger partial charge in [-0.25, -0.2) is 4.98 Å². The van der Waals surface area contributed by atoms with E-state index in [2.05, 4.69) is 57.7 Å². The Labute approximate surface area is 126 Å². The molecule has 0 unspecified atom stereocenters. The second kappa shape index (κ2) is 5.31. The van der Waals surface area contributed by atoms with Crippen molar-refractivity contribution in [3.8, 4) is 0 Å². The highest BCUT2D eigenvalue weighted by Gasteiger charge is 2.03. The van der Waals surface area contributed by atoms with E-state index >= 15 is 0 Å². The predicted octanol–water partition coefficient (Wildman–Crippen LogP) is 4.07. The normalized spacial score (nSPS) is 11.4. The Morgan fingerprint density at radius 1 is 1.05 bits per heavy atom. The molecule has 21 heavy (non-hydrogen) atoms. The molecule has 0 radical (unpaired) electrons. The lowest BCUT2D eigenvalue weighted by atomic mass is 10.1.